The second-order valence-electron chi connectivity index (χ2n) is 5.44. The Morgan fingerprint density at radius 1 is 1.22 bits per heavy atom. The van der Waals surface area contributed by atoms with Crippen LogP contribution in [-0.2, 0) is 4.79 Å². The van der Waals surface area contributed by atoms with Crippen molar-refractivity contribution in [3.8, 4) is 0 Å². The van der Waals surface area contributed by atoms with Crippen molar-refractivity contribution in [2.24, 2.45) is 5.92 Å². The van der Waals surface area contributed by atoms with E-state index in [0.29, 0.717) is 19.1 Å². The molecule has 1 aliphatic heterocycles. The monoisotopic (exact) mass is 257 g/mol. The van der Waals surface area contributed by atoms with Crippen LogP contribution in [0.3, 0.4) is 0 Å². The number of likely N-dealkylation sites (tertiary alicyclic amines) is 1. The minimum atomic E-state index is -0.953. The number of carboxylic acid groups (broad SMARTS) is 1. The summed E-state index contributed by atoms with van der Waals surface area (Å²) in [5.41, 5.74) is 0. The topological polar surface area (TPSA) is 64.1 Å². The zero-order valence-electron chi connectivity index (χ0n) is 11.8. The predicted octanol–water partition coefficient (Wildman–Crippen LogP) is 0.393. The van der Waals surface area contributed by atoms with Crippen molar-refractivity contribution in [3.05, 3.63) is 0 Å². The van der Waals surface area contributed by atoms with Gasteiger partial charge >= 0.3 is 12.0 Å². The molecule has 6 nitrogen and oxygen atoms in total. The van der Waals surface area contributed by atoms with Crippen molar-refractivity contribution in [2.75, 3.05) is 34.2 Å². The number of aliphatic carboxylic acids is 1. The lowest BCUT2D eigenvalue weighted by Crippen LogP contribution is -2.63. The average molecular weight is 257 g/mol. The summed E-state index contributed by atoms with van der Waals surface area (Å²) in [5, 5.41) is 9.16. The molecule has 0 saturated carbocycles. The van der Waals surface area contributed by atoms with Crippen LogP contribution in [0.4, 0.5) is 4.79 Å². The molecule has 0 aromatic carbocycles. The zero-order valence-corrected chi connectivity index (χ0v) is 11.8. The van der Waals surface area contributed by atoms with Gasteiger partial charge in [0.05, 0.1) is 0 Å². The van der Waals surface area contributed by atoms with E-state index in [1.807, 2.05) is 14.1 Å². The predicted molar refractivity (Wildman–Crippen MR) is 68.5 cm³/mol. The van der Waals surface area contributed by atoms with Gasteiger partial charge in [-0.05, 0) is 20.0 Å². The Kier molecular flexibility index (Phi) is 4.56. The molecule has 0 aromatic rings. The largest absolute Gasteiger partial charge is 0.480 e. The fourth-order valence-electron chi connectivity index (χ4n) is 2.18. The molecule has 1 atom stereocenters. The molecule has 1 aliphatic rings. The van der Waals surface area contributed by atoms with Crippen LogP contribution in [0.1, 0.15) is 13.8 Å². The molecule has 0 bridgehead atoms. The van der Waals surface area contributed by atoms with Crippen LogP contribution in [0.25, 0.3) is 0 Å². The molecule has 0 unspecified atom stereocenters. The lowest BCUT2D eigenvalue weighted by atomic mass is 10.0. The number of amides is 2. The standard InChI is InChI=1S/C12H23N3O3/c1-8(2)10(11(16)17)14(5)12(18)15-6-9(7-15)13(3)4/h8-10H,6-7H2,1-5H3,(H,16,17)/t10-/m0/s1. The third kappa shape index (κ3) is 2.93. The van der Waals surface area contributed by atoms with Gasteiger partial charge in [-0.3, -0.25) is 0 Å². The number of likely N-dealkylation sites (N-methyl/N-ethyl adjacent to an activating group) is 2. The number of hydrogen-bond acceptors (Lipinski definition) is 3. The number of carboxylic acids is 1. The van der Waals surface area contributed by atoms with Gasteiger partial charge in [0.15, 0.2) is 0 Å². The van der Waals surface area contributed by atoms with Crippen LogP contribution in [-0.4, -0.2) is 78.1 Å². The summed E-state index contributed by atoms with van der Waals surface area (Å²) in [6.45, 7) is 4.95. The molecule has 0 aliphatic carbocycles. The van der Waals surface area contributed by atoms with E-state index in [9.17, 15) is 9.59 Å². The highest BCUT2D eigenvalue weighted by molar-refractivity contribution is 5.83. The van der Waals surface area contributed by atoms with E-state index in [-0.39, 0.29) is 11.9 Å². The van der Waals surface area contributed by atoms with Gasteiger partial charge in [0, 0.05) is 26.2 Å². The Labute approximate surface area is 108 Å². The van der Waals surface area contributed by atoms with Crippen molar-refractivity contribution < 1.29 is 14.7 Å². The molecule has 1 fully saturated rings. The van der Waals surface area contributed by atoms with Gasteiger partial charge in [-0.15, -0.1) is 0 Å². The molecule has 6 heteroatoms. The van der Waals surface area contributed by atoms with Crippen LogP contribution in [0.5, 0.6) is 0 Å². The molecule has 1 heterocycles. The highest BCUT2D eigenvalue weighted by Crippen LogP contribution is 2.17. The first-order valence-electron chi connectivity index (χ1n) is 6.16. The van der Waals surface area contributed by atoms with E-state index in [4.69, 9.17) is 5.11 Å². The molecule has 18 heavy (non-hydrogen) atoms. The molecular formula is C12H23N3O3. The number of carbonyl (C=O) groups is 2. The molecule has 0 radical (unpaired) electrons. The molecule has 2 amide bonds. The number of urea groups is 1. The Morgan fingerprint density at radius 2 is 1.72 bits per heavy atom. The summed E-state index contributed by atoms with van der Waals surface area (Å²) in [4.78, 5) is 28.4. The first-order chi connectivity index (χ1) is 8.25. The first-order valence-corrected chi connectivity index (χ1v) is 6.16. The van der Waals surface area contributed by atoms with Crippen molar-refractivity contribution in [1.29, 1.82) is 0 Å². The normalized spacial score (nSPS) is 17.8. The first kappa shape index (κ1) is 14.8. The van der Waals surface area contributed by atoms with Crippen LogP contribution in [0, 0.1) is 5.92 Å². The van der Waals surface area contributed by atoms with E-state index in [1.54, 1.807) is 25.8 Å². The fourth-order valence-corrected chi connectivity index (χ4v) is 2.18. The van der Waals surface area contributed by atoms with Crippen molar-refractivity contribution in [2.45, 2.75) is 25.9 Å². The Hall–Kier alpha value is -1.30. The van der Waals surface area contributed by atoms with Gasteiger partial charge in [-0.2, -0.15) is 0 Å². The fraction of sp³-hybridized carbons (Fsp3) is 0.833. The molecule has 0 spiro atoms. The third-order valence-electron chi connectivity index (χ3n) is 3.47. The quantitative estimate of drug-likeness (QED) is 0.791. The summed E-state index contributed by atoms with van der Waals surface area (Å²) in [6.07, 6.45) is 0. The third-order valence-corrected chi connectivity index (χ3v) is 3.47. The van der Waals surface area contributed by atoms with Crippen LogP contribution in [0.15, 0.2) is 0 Å². The van der Waals surface area contributed by atoms with Crippen molar-refractivity contribution in [3.63, 3.8) is 0 Å². The zero-order chi connectivity index (χ0) is 14.0. The number of nitrogens with zero attached hydrogens (tertiary/aromatic N) is 3. The number of hydrogen-bond donors (Lipinski definition) is 1. The van der Waals surface area contributed by atoms with E-state index in [2.05, 4.69) is 4.90 Å². The average Bonchev–Trinajstić information content (AvgIpc) is 2.12. The Morgan fingerprint density at radius 3 is 2.06 bits per heavy atom. The summed E-state index contributed by atoms with van der Waals surface area (Å²) in [5.74, 6) is -1.06. The number of carbonyl (C=O) groups excluding carboxylic acids is 1. The van der Waals surface area contributed by atoms with Gasteiger partial charge in [0.25, 0.3) is 0 Å². The highest BCUT2D eigenvalue weighted by atomic mass is 16.4. The van der Waals surface area contributed by atoms with Crippen molar-refractivity contribution >= 4 is 12.0 Å². The lowest BCUT2D eigenvalue weighted by Gasteiger charge is -2.45. The maximum Gasteiger partial charge on any atom is 0.326 e. The number of rotatable bonds is 4. The second-order valence-corrected chi connectivity index (χ2v) is 5.44. The van der Waals surface area contributed by atoms with Gasteiger partial charge in [-0.1, -0.05) is 13.8 Å². The maximum absolute atomic E-state index is 12.1. The van der Waals surface area contributed by atoms with E-state index >= 15 is 0 Å². The molecule has 1 rings (SSSR count). The van der Waals surface area contributed by atoms with E-state index < -0.39 is 12.0 Å². The summed E-state index contributed by atoms with van der Waals surface area (Å²) in [7, 11) is 5.51. The molecule has 1 N–H and O–H groups in total. The maximum atomic E-state index is 12.1. The summed E-state index contributed by atoms with van der Waals surface area (Å²) < 4.78 is 0. The van der Waals surface area contributed by atoms with Gasteiger partial charge < -0.3 is 19.8 Å². The molecule has 104 valence electrons. The smallest absolute Gasteiger partial charge is 0.326 e. The van der Waals surface area contributed by atoms with Crippen LogP contribution < -0.4 is 0 Å². The minimum Gasteiger partial charge on any atom is -0.480 e. The molecule has 1 saturated heterocycles. The summed E-state index contributed by atoms with van der Waals surface area (Å²) in [6, 6.07) is -0.588. The highest BCUT2D eigenvalue weighted by Gasteiger charge is 2.37. The molecular weight excluding hydrogens is 234 g/mol. The van der Waals surface area contributed by atoms with Crippen molar-refractivity contribution in [1.82, 2.24) is 14.7 Å². The Balaban J connectivity index is 2.59. The SMILES string of the molecule is CC(C)[C@@H](C(=O)O)N(C)C(=O)N1CC(N(C)C)C1. The second kappa shape index (κ2) is 5.56. The van der Waals surface area contributed by atoms with Gasteiger partial charge in [0.1, 0.15) is 6.04 Å². The van der Waals surface area contributed by atoms with E-state index in [1.165, 1.54) is 4.90 Å². The van der Waals surface area contributed by atoms with Gasteiger partial charge in [-0.25, -0.2) is 9.59 Å². The molecule has 0 aromatic heterocycles. The minimum absolute atomic E-state index is 0.109. The van der Waals surface area contributed by atoms with Crippen LogP contribution >= 0.6 is 0 Å². The Bertz CT molecular complexity index is 325. The summed E-state index contributed by atoms with van der Waals surface area (Å²) >= 11 is 0. The van der Waals surface area contributed by atoms with Gasteiger partial charge in [0.2, 0.25) is 0 Å². The van der Waals surface area contributed by atoms with Crippen LogP contribution in [0.2, 0.25) is 0 Å². The lowest BCUT2D eigenvalue weighted by molar-refractivity contribution is -0.143. The van der Waals surface area contributed by atoms with E-state index in [0.717, 1.165) is 0 Å².